The third-order valence-electron chi connectivity index (χ3n) is 1.55. The Bertz CT molecular complexity index is 470. The number of alkyl halides is 3. The fraction of sp³-hybridized carbons (Fsp3) is 0.222. The van der Waals surface area contributed by atoms with Gasteiger partial charge in [-0.15, -0.1) is 13.2 Å². The first kappa shape index (κ1) is 11.8. The summed E-state index contributed by atoms with van der Waals surface area (Å²) < 4.78 is 39.0. The molecular formula is C9H4F3N3O. The Balaban J connectivity index is 3.02. The Hall–Kier alpha value is -2.28. The van der Waals surface area contributed by atoms with Crippen LogP contribution in [-0.2, 0) is 6.42 Å². The second kappa shape index (κ2) is 4.49. The lowest BCUT2D eigenvalue weighted by Crippen LogP contribution is -2.18. The number of pyridine rings is 1. The van der Waals surface area contributed by atoms with E-state index in [1.165, 1.54) is 6.07 Å². The molecule has 1 aromatic heterocycles. The molecule has 0 aliphatic carbocycles. The van der Waals surface area contributed by atoms with E-state index in [2.05, 4.69) is 9.72 Å². The van der Waals surface area contributed by atoms with E-state index >= 15 is 0 Å². The molecule has 0 N–H and O–H groups in total. The van der Waals surface area contributed by atoms with Gasteiger partial charge >= 0.3 is 6.36 Å². The Morgan fingerprint density at radius 3 is 2.50 bits per heavy atom. The first-order valence-electron chi connectivity index (χ1n) is 3.99. The first-order valence-corrected chi connectivity index (χ1v) is 3.99. The molecule has 0 aliphatic heterocycles. The molecule has 1 rings (SSSR count). The van der Waals surface area contributed by atoms with Crippen LogP contribution in [0.3, 0.4) is 0 Å². The van der Waals surface area contributed by atoms with Crippen LogP contribution in [0.25, 0.3) is 0 Å². The van der Waals surface area contributed by atoms with Crippen LogP contribution in [0.1, 0.15) is 11.3 Å². The van der Waals surface area contributed by atoms with Crippen LogP contribution in [0.5, 0.6) is 5.88 Å². The van der Waals surface area contributed by atoms with Crippen molar-refractivity contribution < 1.29 is 17.9 Å². The molecule has 0 saturated carbocycles. The van der Waals surface area contributed by atoms with Crippen molar-refractivity contribution >= 4 is 0 Å². The highest BCUT2D eigenvalue weighted by molar-refractivity contribution is 5.35. The van der Waals surface area contributed by atoms with Crippen LogP contribution >= 0.6 is 0 Å². The van der Waals surface area contributed by atoms with E-state index in [4.69, 9.17) is 10.5 Å². The highest BCUT2D eigenvalue weighted by Gasteiger charge is 2.32. The SMILES string of the molecule is N#CCc1ccc(OC(F)(F)F)nc1C#N. The molecule has 0 atom stereocenters. The molecular weight excluding hydrogens is 223 g/mol. The van der Waals surface area contributed by atoms with E-state index in [1.54, 1.807) is 12.1 Å². The quantitative estimate of drug-likeness (QED) is 0.773. The zero-order chi connectivity index (χ0) is 12.2. The van der Waals surface area contributed by atoms with Gasteiger partial charge in [-0.2, -0.15) is 10.5 Å². The van der Waals surface area contributed by atoms with Crippen molar-refractivity contribution in [3.63, 3.8) is 0 Å². The summed E-state index contributed by atoms with van der Waals surface area (Å²) in [6, 6.07) is 5.53. The van der Waals surface area contributed by atoms with Gasteiger partial charge in [-0.3, -0.25) is 0 Å². The molecule has 16 heavy (non-hydrogen) atoms. The number of rotatable bonds is 2. The number of nitrogens with zero attached hydrogens (tertiary/aromatic N) is 3. The molecule has 0 saturated heterocycles. The summed E-state index contributed by atoms with van der Waals surface area (Å²) in [5.41, 5.74) is 0.0165. The average molecular weight is 227 g/mol. The Morgan fingerprint density at radius 2 is 2.00 bits per heavy atom. The summed E-state index contributed by atoms with van der Waals surface area (Å²) in [6.45, 7) is 0. The largest absolute Gasteiger partial charge is 0.574 e. The lowest BCUT2D eigenvalue weighted by molar-refractivity contribution is -0.276. The lowest BCUT2D eigenvalue weighted by atomic mass is 10.1. The molecule has 7 heteroatoms. The Kier molecular flexibility index (Phi) is 3.31. The van der Waals surface area contributed by atoms with E-state index in [1.807, 2.05) is 0 Å². The minimum absolute atomic E-state index is 0.0950. The topological polar surface area (TPSA) is 69.7 Å². The maximum Gasteiger partial charge on any atom is 0.574 e. The fourth-order valence-corrected chi connectivity index (χ4v) is 0.970. The van der Waals surface area contributed by atoms with Gasteiger partial charge in [0.1, 0.15) is 11.8 Å². The molecule has 0 spiro atoms. The van der Waals surface area contributed by atoms with Crippen LogP contribution in [0.15, 0.2) is 12.1 Å². The summed E-state index contributed by atoms with van der Waals surface area (Å²) in [4.78, 5) is 3.34. The van der Waals surface area contributed by atoms with Gasteiger partial charge < -0.3 is 4.74 Å². The first-order chi connectivity index (χ1) is 7.46. The van der Waals surface area contributed by atoms with Crippen LogP contribution in [0.2, 0.25) is 0 Å². The molecule has 0 aliphatic rings. The second-order valence-corrected chi connectivity index (χ2v) is 2.65. The maximum atomic E-state index is 11.8. The van der Waals surface area contributed by atoms with E-state index in [-0.39, 0.29) is 17.7 Å². The summed E-state index contributed by atoms with van der Waals surface area (Å²) in [7, 11) is 0. The van der Waals surface area contributed by atoms with Gasteiger partial charge in [0, 0.05) is 11.6 Å². The van der Waals surface area contributed by atoms with Crippen molar-refractivity contribution in [3.05, 3.63) is 23.4 Å². The minimum atomic E-state index is -4.85. The molecule has 0 aromatic carbocycles. The smallest absolute Gasteiger partial charge is 0.388 e. The molecule has 0 bridgehead atoms. The normalized spacial score (nSPS) is 10.3. The van der Waals surface area contributed by atoms with Crippen LogP contribution < -0.4 is 4.74 Å². The monoisotopic (exact) mass is 227 g/mol. The predicted molar refractivity (Wildman–Crippen MR) is 45.0 cm³/mol. The highest BCUT2D eigenvalue weighted by atomic mass is 19.4. The van der Waals surface area contributed by atoms with Crippen molar-refractivity contribution in [1.82, 2.24) is 4.98 Å². The predicted octanol–water partition coefficient (Wildman–Crippen LogP) is 1.92. The molecule has 82 valence electrons. The molecule has 0 radical (unpaired) electrons. The van der Waals surface area contributed by atoms with Crippen molar-refractivity contribution in [2.45, 2.75) is 12.8 Å². The van der Waals surface area contributed by atoms with Crippen molar-refractivity contribution in [1.29, 1.82) is 10.5 Å². The van der Waals surface area contributed by atoms with E-state index in [0.717, 1.165) is 6.07 Å². The van der Waals surface area contributed by atoms with Gasteiger partial charge in [0.2, 0.25) is 5.88 Å². The summed E-state index contributed by atoms with van der Waals surface area (Å²) in [6.07, 6.45) is -4.95. The van der Waals surface area contributed by atoms with Gasteiger partial charge in [0.15, 0.2) is 0 Å². The Labute approximate surface area is 88.5 Å². The van der Waals surface area contributed by atoms with Gasteiger partial charge in [-0.05, 0) is 6.07 Å². The Morgan fingerprint density at radius 1 is 1.31 bits per heavy atom. The zero-order valence-electron chi connectivity index (χ0n) is 7.75. The number of hydrogen-bond donors (Lipinski definition) is 0. The third-order valence-corrected chi connectivity index (χ3v) is 1.55. The molecule has 4 nitrogen and oxygen atoms in total. The van der Waals surface area contributed by atoms with Crippen LogP contribution in [0.4, 0.5) is 13.2 Å². The number of aromatic nitrogens is 1. The zero-order valence-corrected chi connectivity index (χ0v) is 7.75. The standard InChI is InChI=1S/C9H4F3N3O/c10-9(11,12)16-8-2-1-6(3-4-13)7(5-14)15-8/h1-2H,3H2. The molecule has 1 heterocycles. The van der Waals surface area contributed by atoms with Crippen molar-refractivity contribution in [3.8, 4) is 18.0 Å². The number of halogens is 3. The molecule has 0 fully saturated rings. The molecule has 1 aromatic rings. The third kappa shape index (κ3) is 3.14. The van der Waals surface area contributed by atoms with Crippen molar-refractivity contribution in [2.24, 2.45) is 0 Å². The maximum absolute atomic E-state index is 11.8. The van der Waals surface area contributed by atoms with E-state index in [0.29, 0.717) is 0 Å². The minimum Gasteiger partial charge on any atom is -0.388 e. The van der Waals surface area contributed by atoms with Crippen LogP contribution in [-0.4, -0.2) is 11.3 Å². The number of ether oxygens (including phenoxy) is 1. The van der Waals surface area contributed by atoms with Gasteiger partial charge in [0.25, 0.3) is 0 Å². The van der Waals surface area contributed by atoms with Gasteiger partial charge in [-0.1, -0.05) is 0 Å². The lowest BCUT2D eigenvalue weighted by Gasteiger charge is -2.08. The summed E-state index contributed by atoms with van der Waals surface area (Å²) in [5.74, 6) is -0.717. The van der Waals surface area contributed by atoms with E-state index < -0.39 is 12.2 Å². The summed E-state index contributed by atoms with van der Waals surface area (Å²) in [5, 5.41) is 17.0. The highest BCUT2D eigenvalue weighted by Crippen LogP contribution is 2.21. The second-order valence-electron chi connectivity index (χ2n) is 2.65. The van der Waals surface area contributed by atoms with E-state index in [9.17, 15) is 13.2 Å². The fourth-order valence-electron chi connectivity index (χ4n) is 0.970. The van der Waals surface area contributed by atoms with Gasteiger partial charge in [0.05, 0.1) is 12.5 Å². The van der Waals surface area contributed by atoms with Crippen molar-refractivity contribution in [2.75, 3.05) is 0 Å². The number of hydrogen-bond acceptors (Lipinski definition) is 4. The van der Waals surface area contributed by atoms with Gasteiger partial charge in [-0.25, -0.2) is 4.98 Å². The molecule has 0 unspecified atom stereocenters. The molecule has 0 amide bonds. The summed E-state index contributed by atoms with van der Waals surface area (Å²) >= 11 is 0. The average Bonchev–Trinajstić information content (AvgIpc) is 2.18. The van der Waals surface area contributed by atoms with Crippen LogP contribution in [0, 0.1) is 22.7 Å². The number of nitriles is 2.